The van der Waals surface area contributed by atoms with E-state index in [0.717, 1.165) is 33.8 Å². The van der Waals surface area contributed by atoms with E-state index in [4.69, 9.17) is 0 Å². The van der Waals surface area contributed by atoms with Crippen molar-refractivity contribution in [1.82, 2.24) is 19.9 Å². The zero-order chi connectivity index (χ0) is 26.0. The minimum Gasteiger partial charge on any atom is -0.609 e. The SMILES string of the molecule is CCc1nc(C)sc1CNC(=O)c1cnc([S+]([O-])Cc2c(F)ccc(F)c2F)n1-c1ccc(F)cc1. The summed E-state index contributed by atoms with van der Waals surface area (Å²) < 4.78 is 69.9. The monoisotopic (exact) mass is 536 g/mol. The zero-order valence-electron chi connectivity index (χ0n) is 19.1. The molecule has 1 atom stereocenters. The summed E-state index contributed by atoms with van der Waals surface area (Å²) in [6.07, 6.45) is 1.86. The average Bonchev–Trinajstić information content (AvgIpc) is 3.46. The van der Waals surface area contributed by atoms with Crippen molar-refractivity contribution in [3.05, 3.63) is 92.7 Å². The number of nitrogens with zero attached hydrogens (tertiary/aromatic N) is 3. The molecule has 0 aliphatic carbocycles. The highest BCUT2D eigenvalue weighted by Gasteiger charge is 2.29. The van der Waals surface area contributed by atoms with Crippen LogP contribution in [0.2, 0.25) is 0 Å². The number of carbonyl (C=O) groups excluding carboxylic acids is 1. The molecule has 0 bridgehead atoms. The highest BCUT2D eigenvalue weighted by Crippen LogP contribution is 2.26. The van der Waals surface area contributed by atoms with Gasteiger partial charge in [0.1, 0.15) is 23.1 Å². The number of aromatic nitrogens is 3. The maximum atomic E-state index is 14.2. The van der Waals surface area contributed by atoms with E-state index in [-0.39, 0.29) is 23.1 Å². The third-order valence-electron chi connectivity index (χ3n) is 5.29. The molecule has 4 rings (SSSR count). The third-order valence-corrected chi connectivity index (χ3v) is 7.55. The molecule has 1 amide bonds. The van der Waals surface area contributed by atoms with Crippen LogP contribution >= 0.6 is 11.3 Å². The van der Waals surface area contributed by atoms with Crippen molar-refractivity contribution in [2.75, 3.05) is 0 Å². The molecule has 1 N–H and O–H groups in total. The molecule has 188 valence electrons. The Hall–Kier alpha value is -3.22. The molecule has 6 nitrogen and oxygen atoms in total. The van der Waals surface area contributed by atoms with Gasteiger partial charge in [0.05, 0.1) is 34.7 Å². The summed E-state index contributed by atoms with van der Waals surface area (Å²) in [4.78, 5) is 22.5. The molecule has 0 aliphatic rings. The number of nitrogens with one attached hydrogen (secondary N) is 1. The number of imidazole rings is 1. The fourth-order valence-corrected chi connectivity index (χ4v) is 5.77. The van der Waals surface area contributed by atoms with E-state index < -0.39 is 51.7 Å². The Kier molecular flexibility index (Phi) is 7.76. The van der Waals surface area contributed by atoms with Crippen LogP contribution in [0.1, 0.15) is 38.6 Å². The number of aryl methyl sites for hydroxylation is 2. The van der Waals surface area contributed by atoms with Crippen molar-refractivity contribution in [1.29, 1.82) is 0 Å². The molecule has 2 aromatic carbocycles. The smallest absolute Gasteiger partial charge is 0.328 e. The molecule has 0 aliphatic heterocycles. The summed E-state index contributed by atoms with van der Waals surface area (Å²) in [5.41, 5.74) is 0.390. The number of halogens is 4. The van der Waals surface area contributed by atoms with Crippen molar-refractivity contribution < 1.29 is 26.9 Å². The molecule has 2 aromatic heterocycles. The normalized spacial score (nSPS) is 12.1. The van der Waals surface area contributed by atoms with Crippen LogP contribution in [-0.4, -0.2) is 25.0 Å². The van der Waals surface area contributed by atoms with Gasteiger partial charge in [0.2, 0.25) is 0 Å². The second-order valence-electron chi connectivity index (χ2n) is 7.69. The van der Waals surface area contributed by atoms with E-state index in [1.807, 2.05) is 13.8 Å². The summed E-state index contributed by atoms with van der Waals surface area (Å²) in [5.74, 6) is -5.63. The van der Waals surface area contributed by atoms with Gasteiger partial charge in [-0.2, -0.15) is 4.98 Å². The average molecular weight is 537 g/mol. The minimum atomic E-state index is -2.19. The number of rotatable bonds is 8. The van der Waals surface area contributed by atoms with Crippen LogP contribution in [0.4, 0.5) is 17.6 Å². The Bertz CT molecular complexity index is 1410. The van der Waals surface area contributed by atoms with Crippen LogP contribution in [-0.2, 0) is 29.9 Å². The molecule has 2 heterocycles. The Morgan fingerprint density at radius 1 is 1.11 bits per heavy atom. The van der Waals surface area contributed by atoms with Gasteiger partial charge in [0, 0.05) is 16.1 Å². The van der Waals surface area contributed by atoms with Crippen molar-refractivity contribution in [2.24, 2.45) is 0 Å². The second kappa shape index (κ2) is 10.8. The maximum Gasteiger partial charge on any atom is 0.328 e. The van der Waals surface area contributed by atoms with Gasteiger partial charge in [-0.3, -0.25) is 4.79 Å². The zero-order valence-corrected chi connectivity index (χ0v) is 20.8. The number of carbonyl (C=O) groups is 1. The van der Waals surface area contributed by atoms with Crippen LogP contribution in [0.15, 0.2) is 47.8 Å². The lowest BCUT2D eigenvalue weighted by Crippen LogP contribution is -2.26. The molecule has 0 radical (unpaired) electrons. The van der Waals surface area contributed by atoms with Crippen LogP contribution in [0.3, 0.4) is 0 Å². The summed E-state index contributed by atoms with van der Waals surface area (Å²) in [6.45, 7) is 4.01. The number of hydrogen-bond acceptors (Lipinski definition) is 5. The predicted molar refractivity (Wildman–Crippen MR) is 127 cm³/mol. The molecule has 4 aromatic rings. The molecular weight excluding hydrogens is 516 g/mol. The van der Waals surface area contributed by atoms with Crippen LogP contribution in [0, 0.1) is 30.2 Å². The first-order valence-corrected chi connectivity index (χ1v) is 12.9. The van der Waals surface area contributed by atoms with E-state index in [2.05, 4.69) is 15.3 Å². The molecule has 0 saturated carbocycles. The van der Waals surface area contributed by atoms with E-state index in [1.165, 1.54) is 34.2 Å². The molecule has 36 heavy (non-hydrogen) atoms. The topological polar surface area (TPSA) is 82.9 Å². The number of hydrogen-bond donors (Lipinski definition) is 1. The van der Waals surface area contributed by atoms with Crippen LogP contribution in [0.25, 0.3) is 5.69 Å². The molecule has 0 saturated heterocycles. The van der Waals surface area contributed by atoms with Crippen molar-refractivity contribution in [3.8, 4) is 5.69 Å². The van der Waals surface area contributed by atoms with Crippen molar-refractivity contribution >= 4 is 28.4 Å². The standard InChI is InChI=1S/C24H20F4N4O2S2/c1-3-19-21(35-13(2)31-19)11-29-23(33)20-10-30-24(32(20)15-6-4-14(25)5-7-15)36(34)12-16-17(26)8-9-18(27)22(16)28/h4-10H,3,11-12H2,1-2H3,(H,29,33). The lowest BCUT2D eigenvalue weighted by atomic mass is 10.2. The lowest BCUT2D eigenvalue weighted by Gasteiger charge is -2.15. The Morgan fingerprint density at radius 2 is 1.81 bits per heavy atom. The Morgan fingerprint density at radius 3 is 2.50 bits per heavy atom. The van der Waals surface area contributed by atoms with Gasteiger partial charge in [-0.1, -0.05) is 6.92 Å². The summed E-state index contributed by atoms with van der Waals surface area (Å²) in [6, 6.07) is 6.35. The minimum absolute atomic E-state index is 0.0237. The fraction of sp³-hybridized carbons (Fsp3) is 0.208. The van der Waals surface area contributed by atoms with E-state index >= 15 is 0 Å². The first-order valence-electron chi connectivity index (χ1n) is 10.8. The first-order chi connectivity index (χ1) is 17.2. The third kappa shape index (κ3) is 5.30. The summed E-state index contributed by atoms with van der Waals surface area (Å²) in [5, 5.41) is 3.43. The quantitative estimate of drug-likeness (QED) is 0.195. The Labute approximate surface area is 211 Å². The molecule has 12 heteroatoms. The number of amides is 1. The molecule has 0 fully saturated rings. The largest absolute Gasteiger partial charge is 0.609 e. The van der Waals surface area contributed by atoms with Gasteiger partial charge in [0.25, 0.3) is 5.91 Å². The first kappa shape index (κ1) is 25.9. The van der Waals surface area contributed by atoms with Gasteiger partial charge in [-0.15, -0.1) is 11.3 Å². The van der Waals surface area contributed by atoms with Gasteiger partial charge >= 0.3 is 5.16 Å². The van der Waals surface area contributed by atoms with Gasteiger partial charge in [-0.05, 0) is 49.7 Å². The highest BCUT2D eigenvalue weighted by molar-refractivity contribution is 7.90. The fourth-order valence-electron chi connectivity index (χ4n) is 3.57. The molecule has 1 unspecified atom stereocenters. The van der Waals surface area contributed by atoms with Crippen LogP contribution in [0.5, 0.6) is 0 Å². The maximum absolute atomic E-state index is 14.2. The van der Waals surface area contributed by atoms with Gasteiger partial charge in [-0.25, -0.2) is 27.1 Å². The second-order valence-corrected chi connectivity index (χ2v) is 10.3. The van der Waals surface area contributed by atoms with Crippen molar-refractivity contribution in [2.45, 2.75) is 37.7 Å². The molecular formula is C24H20F4N4O2S2. The summed E-state index contributed by atoms with van der Waals surface area (Å²) >= 11 is -0.741. The number of thiazole rings is 1. The lowest BCUT2D eigenvalue weighted by molar-refractivity contribution is 0.0944. The van der Waals surface area contributed by atoms with Crippen LogP contribution < -0.4 is 5.32 Å². The number of benzene rings is 2. The van der Waals surface area contributed by atoms with Gasteiger partial charge < -0.3 is 9.87 Å². The Balaban J connectivity index is 1.68. The van der Waals surface area contributed by atoms with E-state index in [1.54, 1.807) is 0 Å². The van der Waals surface area contributed by atoms with Crippen molar-refractivity contribution in [3.63, 3.8) is 0 Å². The molecule has 0 spiro atoms. The van der Waals surface area contributed by atoms with Gasteiger partial charge in [0.15, 0.2) is 11.6 Å². The van der Waals surface area contributed by atoms with E-state index in [9.17, 15) is 26.9 Å². The predicted octanol–water partition coefficient (Wildman–Crippen LogP) is 4.99. The van der Waals surface area contributed by atoms with E-state index in [0.29, 0.717) is 12.5 Å². The highest BCUT2D eigenvalue weighted by atomic mass is 32.2. The summed E-state index contributed by atoms with van der Waals surface area (Å²) in [7, 11) is 0.